The van der Waals surface area contributed by atoms with Crippen molar-refractivity contribution >= 4 is 11.8 Å². The lowest BCUT2D eigenvalue weighted by Gasteiger charge is -2.22. The van der Waals surface area contributed by atoms with Gasteiger partial charge in [0.1, 0.15) is 11.3 Å². The predicted octanol–water partition coefficient (Wildman–Crippen LogP) is 2.68. The Kier molecular flexibility index (Phi) is 5.41. The van der Waals surface area contributed by atoms with Gasteiger partial charge < -0.3 is 10.1 Å². The molecule has 3 rings (SSSR count). The maximum Gasteiger partial charge on any atom is 0.270 e. The van der Waals surface area contributed by atoms with Gasteiger partial charge in [0.05, 0.1) is 6.07 Å². The van der Waals surface area contributed by atoms with Crippen molar-refractivity contribution in [1.29, 1.82) is 5.26 Å². The monoisotopic (exact) mass is 380 g/mol. The van der Waals surface area contributed by atoms with Gasteiger partial charge in [-0.2, -0.15) is 5.26 Å². The first-order valence-corrected chi connectivity index (χ1v) is 9.24. The Morgan fingerprint density at radius 1 is 1.18 bits per heavy atom. The summed E-state index contributed by atoms with van der Waals surface area (Å²) in [5.41, 5.74) is 4.36. The molecule has 0 aliphatic heterocycles. The number of hydrogen-bond acceptors (Lipinski definition) is 4. The van der Waals surface area contributed by atoms with Crippen molar-refractivity contribution in [2.75, 3.05) is 12.0 Å². The van der Waals surface area contributed by atoms with Gasteiger partial charge in [0.15, 0.2) is 6.61 Å². The second-order valence-corrected chi connectivity index (χ2v) is 7.34. The van der Waals surface area contributed by atoms with Crippen LogP contribution >= 0.6 is 0 Å². The van der Waals surface area contributed by atoms with E-state index in [1.165, 1.54) is 0 Å². The van der Waals surface area contributed by atoms with Crippen LogP contribution in [0.3, 0.4) is 0 Å². The van der Waals surface area contributed by atoms with Gasteiger partial charge in [-0.25, -0.2) is 0 Å². The van der Waals surface area contributed by atoms with Crippen molar-refractivity contribution in [3.05, 3.63) is 53.3 Å². The summed E-state index contributed by atoms with van der Waals surface area (Å²) >= 11 is 0. The van der Waals surface area contributed by atoms with Crippen LogP contribution < -0.4 is 15.5 Å². The van der Waals surface area contributed by atoms with E-state index in [4.69, 9.17) is 4.74 Å². The summed E-state index contributed by atoms with van der Waals surface area (Å²) in [5.74, 6) is 0.120. The van der Waals surface area contributed by atoms with Crippen LogP contribution in [0.4, 0.5) is 0 Å². The molecule has 0 bridgehead atoms. The molecule has 0 saturated heterocycles. The molecule has 7 heteroatoms. The smallest absolute Gasteiger partial charge is 0.270 e. The number of ether oxygens (including phenoxy) is 1. The maximum absolute atomic E-state index is 12.4. The Labute approximate surface area is 164 Å². The van der Waals surface area contributed by atoms with Crippen LogP contribution in [0.5, 0.6) is 5.75 Å². The van der Waals surface area contributed by atoms with Gasteiger partial charge in [-0.3, -0.25) is 19.7 Å². The van der Waals surface area contributed by atoms with E-state index in [-0.39, 0.29) is 24.3 Å². The fourth-order valence-electron chi connectivity index (χ4n) is 3.07. The molecule has 1 aliphatic rings. The lowest BCUT2D eigenvalue weighted by molar-refractivity contribution is -0.124. The SMILES string of the molecule is Cc1ccc(C)n1NC(=O)c1ccc(OCC(=O)N[C@@](C)(C#N)C2CC2)cc1. The van der Waals surface area contributed by atoms with Crippen molar-refractivity contribution in [2.24, 2.45) is 5.92 Å². The van der Waals surface area contributed by atoms with Gasteiger partial charge >= 0.3 is 0 Å². The first-order valence-electron chi connectivity index (χ1n) is 9.24. The van der Waals surface area contributed by atoms with Crippen LogP contribution in [0.1, 0.15) is 41.5 Å². The Bertz CT molecular complexity index is 903. The summed E-state index contributed by atoms with van der Waals surface area (Å²) in [6.45, 7) is 5.38. The van der Waals surface area contributed by atoms with Crippen molar-refractivity contribution in [3.63, 3.8) is 0 Å². The molecule has 1 saturated carbocycles. The number of hydrogen-bond donors (Lipinski definition) is 2. The normalized spacial score (nSPS) is 15.2. The number of aryl methyl sites for hydroxylation is 2. The zero-order valence-corrected chi connectivity index (χ0v) is 16.3. The highest BCUT2D eigenvalue weighted by atomic mass is 16.5. The Balaban J connectivity index is 1.53. The minimum atomic E-state index is -0.836. The number of nitrogens with one attached hydrogen (secondary N) is 2. The Morgan fingerprint density at radius 2 is 1.79 bits per heavy atom. The minimum absolute atomic E-state index is 0.183. The highest BCUT2D eigenvalue weighted by molar-refractivity contribution is 6.00. The van der Waals surface area contributed by atoms with Crippen LogP contribution in [0.15, 0.2) is 36.4 Å². The molecule has 2 amide bonds. The molecule has 1 aliphatic carbocycles. The van der Waals surface area contributed by atoms with Gasteiger partial charge in [0.25, 0.3) is 11.8 Å². The minimum Gasteiger partial charge on any atom is -0.484 e. The number of carbonyl (C=O) groups is 2. The van der Waals surface area contributed by atoms with E-state index >= 15 is 0 Å². The summed E-state index contributed by atoms with van der Waals surface area (Å²) in [7, 11) is 0. The predicted molar refractivity (Wildman–Crippen MR) is 104 cm³/mol. The van der Waals surface area contributed by atoms with E-state index in [1.807, 2.05) is 26.0 Å². The van der Waals surface area contributed by atoms with Crippen molar-refractivity contribution in [3.8, 4) is 11.8 Å². The number of carbonyl (C=O) groups excluding carboxylic acids is 2. The number of amides is 2. The van der Waals surface area contributed by atoms with Crippen LogP contribution in [-0.4, -0.2) is 28.6 Å². The molecule has 2 aromatic rings. The number of nitrogens with zero attached hydrogens (tertiary/aromatic N) is 2. The van der Waals surface area contributed by atoms with Crippen LogP contribution in [0.25, 0.3) is 0 Å². The zero-order chi connectivity index (χ0) is 20.3. The third kappa shape index (κ3) is 4.34. The van der Waals surface area contributed by atoms with E-state index in [9.17, 15) is 14.9 Å². The number of rotatable bonds is 7. The van der Waals surface area contributed by atoms with E-state index in [0.717, 1.165) is 24.2 Å². The summed E-state index contributed by atoms with van der Waals surface area (Å²) in [4.78, 5) is 24.5. The van der Waals surface area contributed by atoms with Gasteiger partial charge in [0, 0.05) is 17.0 Å². The number of nitriles is 1. The fraction of sp³-hybridized carbons (Fsp3) is 0.381. The molecule has 1 atom stereocenters. The van der Waals surface area contributed by atoms with Crippen LogP contribution in [0, 0.1) is 31.1 Å². The van der Waals surface area contributed by atoms with E-state index in [0.29, 0.717) is 11.3 Å². The van der Waals surface area contributed by atoms with Gasteiger partial charge in [0.2, 0.25) is 0 Å². The first-order chi connectivity index (χ1) is 13.3. The molecular formula is C21H24N4O3. The standard InChI is InChI=1S/C21H24N4O3/c1-14-4-5-15(2)25(14)24-20(27)16-6-10-18(11-7-16)28-12-19(26)23-21(3,13-22)17-8-9-17/h4-7,10-11,17H,8-9,12H2,1-3H3,(H,23,26)(H,24,27)/t21-/m0/s1. The molecule has 28 heavy (non-hydrogen) atoms. The van der Waals surface area contributed by atoms with Gasteiger partial charge in [-0.05, 0) is 75.9 Å². The molecule has 1 aromatic heterocycles. The maximum atomic E-state index is 12.4. The third-order valence-corrected chi connectivity index (χ3v) is 5.00. The number of aromatic nitrogens is 1. The van der Waals surface area contributed by atoms with E-state index < -0.39 is 5.54 Å². The lowest BCUT2D eigenvalue weighted by atomic mass is 9.98. The summed E-state index contributed by atoms with van der Waals surface area (Å²) in [6.07, 6.45) is 1.91. The van der Waals surface area contributed by atoms with Gasteiger partial charge in [-0.15, -0.1) is 0 Å². The molecular weight excluding hydrogens is 356 g/mol. The molecule has 0 radical (unpaired) electrons. The second kappa shape index (κ2) is 7.77. The molecule has 1 aromatic carbocycles. The average Bonchev–Trinajstić information content (AvgIpc) is 3.50. The molecule has 1 heterocycles. The molecule has 1 fully saturated rings. The topological polar surface area (TPSA) is 96.2 Å². The van der Waals surface area contributed by atoms with Crippen molar-refractivity contribution in [1.82, 2.24) is 9.99 Å². The molecule has 0 unspecified atom stereocenters. The van der Waals surface area contributed by atoms with Crippen LogP contribution in [-0.2, 0) is 4.79 Å². The molecule has 2 N–H and O–H groups in total. The van der Waals surface area contributed by atoms with Crippen molar-refractivity contribution < 1.29 is 14.3 Å². The van der Waals surface area contributed by atoms with E-state index in [2.05, 4.69) is 16.8 Å². The first kappa shape index (κ1) is 19.5. The van der Waals surface area contributed by atoms with E-state index in [1.54, 1.807) is 35.9 Å². The highest BCUT2D eigenvalue weighted by Gasteiger charge is 2.43. The second-order valence-electron chi connectivity index (χ2n) is 7.34. The van der Waals surface area contributed by atoms with Gasteiger partial charge in [-0.1, -0.05) is 0 Å². The summed E-state index contributed by atoms with van der Waals surface area (Å²) in [6, 6.07) is 12.6. The zero-order valence-electron chi connectivity index (χ0n) is 16.3. The molecule has 0 spiro atoms. The quantitative estimate of drug-likeness (QED) is 0.772. The summed E-state index contributed by atoms with van der Waals surface area (Å²) < 4.78 is 7.20. The van der Waals surface area contributed by atoms with Crippen LogP contribution in [0.2, 0.25) is 0 Å². The third-order valence-electron chi connectivity index (χ3n) is 5.00. The highest BCUT2D eigenvalue weighted by Crippen LogP contribution is 2.39. The summed E-state index contributed by atoms with van der Waals surface area (Å²) in [5, 5.41) is 12.0. The molecule has 7 nitrogen and oxygen atoms in total. The molecule has 146 valence electrons. The lowest BCUT2D eigenvalue weighted by Crippen LogP contribution is -2.48. The fourth-order valence-corrected chi connectivity index (χ4v) is 3.07. The number of benzene rings is 1. The van der Waals surface area contributed by atoms with Crippen molar-refractivity contribution in [2.45, 2.75) is 39.2 Å². The average molecular weight is 380 g/mol. The Morgan fingerprint density at radius 3 is 2.32 bits per heavy atom. The largest absolute Gasteiger partial charge is 0.484 e. The Hall–Kier alpha value is -3.27.